The van der Waals surface area contributed by atoms with Gasteiger partial charge in [0.1, 0.15) is 0 Å². The van der Waals surface area contributed by atoms with Crippen LogP contribution in [0.25, 0.3) is 0 Å². The highest BCUT2D eigenvalue weighted by Gasteiger charge is 2.50. The monoisotopic (exact) mass is 339 g/mol. The van der Waals surface area contributed by atoms with Crippen molar-refractivity contribution < 1.29 is 9.53 Å². The molecular formula is C16H22BrNO2. The predicted molar refractivity (Wildman–Crippen MR) is 83.8 cm³/mol. The van der Waals surface area contributed by atoms with Crippen molar-refractivity contribution in [2.45, 2.75) is 44.6 Å². The largest absolute Gasteiger partial charge is 0.379 e. The van der Waals surface area contributed by atoms with Crippen LogP contribution in [-0.2, 0) is 14.9 Å². The molecule has 2 rings (SSSR count). The zero-order valence-corrected chi connectivity index (χ0v) is 13.7. The van der Waals surface area contributed by atoms with Gasteiger partial charge in [-0.1, -0.05) is 28.1 Å². The molecule has 20 heavy (non-hydrogen) atoms. The number of benzene rings is 1. The number of hydrogen-bond donors (Lipinski definition) is 1. The molecule has 3 nitrogen and oxygen atoms in total. The van der Waals surface area contributed by atoms with Gasteiger partial charge in [0, 0.05) is 17.6 Å². The number of nitrogens with one attached hydrogen (secondary N) is 1. The van der Waals surface area contributed by atoms with Gasteiger partial charge in [-0.25, -0.2) is 0 Å². The first kappa shape index (κ1) is 15.5. The van der Waals surface area contributed by atoms with E-state index in [0.29, 0.717) is 13.2 Å². The van der Waals surface area contributed by atoms with Crippen molar-refractivity contribution in [2.24, 2.45) is 0 Å². The fraction of sp³-hybridized carbons (Fsp3) is 0.562. The standard InChI is InChI=1S/C16H22BrNO2/c1-12(2)20-11-3-10-18-15(19)16(8-9-16)13-4-6-14(17)7-5-13/h4-7,12H,3,8-11H2,1-2H3,(H,18,19). The Morgan fingerprint density at radius 3 is 2.55 bits per heavy atom. The van der Waals surface area contributed by atoms with Gasteiger partial charge in [0.15, 0.2) is 0 Å². The molecule has 1 aromatic carbocycles. The minimum Gasteiger partial charge on any atom is -0.379 e. The number of ether oxygens (including phenoxy) is 1. The molecule has 1 aromatic rings. The van der Waals surface area contributed by atoms with E-state index < -0.39 is 0 Å². The molecule has 0 aromatic heterocycles. The molecule has 1 aliphatic carbocycles. The Balaban J connectivity index is 1.81. The topological polar surface area (TPSA) is 38.3 Å². The summed E-state index contributed by atoms with van der Waals surface area (Å²) in [6, 6.07) is 8.08. The maximum atomic E-state index is 12.3. The van der Waals surface area contributed by atoms with Crippen molar-refractivity contribution in [3.8, 4) is 0 Å². The van der Waals surface area contributed by atoms with E-state index in [1.54, 1.807) is 0 Å². The highest BCUT2D eigenvalue weighted by molar-refractivity contribution is 9.10. The third-order valence-electron chi connectivity index (χ3n) is 3.64. The Kier molecular flexibility index (Phi) is 5.22. The van der Waals surface area contributed by atoms with Crippen molar-refractivity contribution >= 4 is 21.8 Å². The van der Waals surface area contributed by atoms with Gasteiger partial charge in [-0.05, 0) is 50.8 Å². The normalized spacial score (nSPS) is 16.2. The van der Waals surface area contributed by atoms with Gasteiger partial charge in [0.25, 0.3) is 0 Å². The van der Waals surface area contributed by atoms with E-state index in [-0.39, 0.29) is 17.4 Å². The van der Waals surface area contributed by atoms with Crippen molar-refractivity contribution in [3.63, 3.8) is 0 Å². The second-order valence-electron chi connectivity index (χ2n) is 5.62. The fourth-order valence-corrected chi connectivity index (χ4v) is 2.57. The Hall–Kier alpha value is -0.870. The molecule has 1 aliphatic rings. The van der Waals surface area contributed by atoms with Crippen LogP contribution in [0.3, 0.4) is 0 Å². The summed E-state index contributed by atoms with van der Waals surface area (Å²) >= 11 is 3.43. The third kappa shape index (κ3) is 3.83. The van der Waals surface area contributed by atoms with Crippen LogP contribution in [-0.4, -0.2) is 25.2 Å². The molecule has 0 bridgehead atoms. The van der Waals surface area contributed by atoms with Crippen LogP contribution in [0.2, 0.25) is 0 Å². The van der Waals surface area contributed by atoms with E-state index >= 15 is 0 Å². The highest BCUT2D eigenvalue weighted by Crippen LogP contribution is 2.48. The van der Waals surface area contributed by atoms with E-state index in [2.05, 4.69) is 21.2 Å². The van der Waals surface area contributed by atoms with Gasteiger partial charge in [-0.2, -0.15) is 0 Å². The molecule has 0 saturated heterocycles. The van der Waals surface area contributed by atoms with Crippen molar-refractivity contribution in [3.05, 3.63) is 34.3 Å². The van der Waals surface area contributed by atoms with Crippen molar-refractivity contribution in [2.75, 3.05) is 13.2 Å². The summed E-state index contributed by atoms with van der Waals surface area (Å²) in [5.74, 6) is 0.157. The number of carbonyl (C=O) groups is 1. The molecule has 0 radical (unpaired) electrons. The highest BCUT2D eigenvalue weighted by atomic mass is 79.9. The van der Waals surface area contributed by atoms with Gasteiger partial charge in [-0.3, -0.25) is 4.79 Å². The first-order valence-electron chi connectivity index (χ1n) is 7.20. The Labute approximate surface area is 129 Å². The lowest BCUT2D eigenvalue weighted by Crippen LogP contribution is -2.35. The molecular weight excluding hydrogens is 318 g/mol. The molecule has 0 heterocycles. The average Bonchev–Trinajstić information content (AvgIpc) is 3.20. The molecule has 0 aliphatic heterocycles. The maximum Gasteiger partial charge on any atom is 0.230 e. The van der Waals surface area contributed by atoms with Crippen LogP contribution >= 0.6 is 15.9 Å². The Bertz CT molecular complexity index is 452. The van der Waals surface area contributed by atoms with E-state index in [4.69, 9.17) is 4.74 Å². The minimum atomic E-state index is -0.278. The number of carbonyl (C=O) groups excluding carboxylic acids is 1. The number of rotatable bonds is 7. The lowest BCUT2D eigenvalue weighted by molar-refractivity contribution is -0.123. The fourth-order valence-electron chi connectivity index (χ4n) is 2.30. The molecule has 4 heteroatoms. The molecule has 0 spiro atoms. The van der Waals surface area contributed by atoms with Crippen LogP contribution in [0, 0.1) is 0 Å². The third-order valence-corrected chi connectivity index (χ3v) is 4.17. The summed E-state index contributed by atoms with van der Waals surface area (Å²) < 4.78 is 6.51. The lowest BCUT2D eigenvalue weighted by Gasteiger charge is -2.16. The van der Waals surface area contributed by atoms with Crippen molar-refractivity contribution in [1.29, 1.82) is 0 Å². The van der Waals surface area contributed by atoms with Crippen LogP contribution in [0.1, 0.15) is 38.7 Å². The van der Waals surface area contributed by atoms with Gasteiger partial charge in [0.05, 0.1) is 11.5 Å². The first-order chi connectivity index (χ1) is 9.54. The van der Waals surface area contributed by atoms with Crippen LogP contribution in [0.15, 0.2) is 28.7 Å². The molecule has 0 atom stereocenters. The first-order valence-corrected chi connectivity index (χ1v) is 8.00. The summed E-state index contributed by atoms with van der Waals surface area (Å²) in [5, 5.41) is 3.04. The molecule has 1 amide bonds. The SMILES string of the molecule is CC(C)OCCCNC(=O)C1(c2ccc(Br)cc2)CC1. The zero-order chi connectivity index (χ0) is 14.6. The van der Waals surface area contributed by atoms with Crippen LogP contribution < -0.4 is 5.32 Å². The number of amides is 1. The van der Waals surface area contributed by atoms with Crippen LogP contribution in [0.4, 0.5) is 0 Å². The van der Waals surface area contributed by atoms with E-state index in [0.717, 1.165) is 29.3 Å². The smallest absolute Gasteiger partial charge is 0.230 e. The Morgan fingerprint density at radius 2 is 2.00 bits per heavy atom. The van der Waals surface area contributed by atoms with Gasteiger partial charge in [0.2, 0.25) is 5.91 Å². The van der Waals surface area contributed by atoms with Gasteiger partial charge in [-0.15, -0.1) is 0 Å². The second kappa shape index (κ2) is 6.72. The molecule has 1 saturated carbocycles. The molecule has 1 N–H and O–H groups in total. The van der Waals surface area contributed by atoms with Gasteiger partial charge < -0.3 is 10.1 Å². The minimum absolute atomic E-state index is 0.157. The Morgan fingerprint density at radius 1 is 1.35 bits per heavy atom. The lowest BCUT2D eigenvalue weighted by atomic mass is 9.95. The average molecular weight is 340 g/mol. The van der Waals surface area contributed by atoms with Crippen LogP contribution in [0.5, 0.6) is 0 Å². The second-order valence-corrected chi connectivity index (χ2v) is 6.53. The zero-order valence-electron chi connectivity index (χ0n) is 12.1. The molecule has 110 valence electrons. The summed E-state index contributed by atoms with van der Waals surface area (Å²) in [5.41, 5.74) is 0.844. The maximum absolute atomic E-state index is 12.3. The number of hydrogen-bond acceptors (Lipinski definition) is 2. The summed E-state index contributed by atoms with van der Waals surface area (Å²) in [6.45, 7) is 5.42. The van der Waals surface area contributed by atoms with E-state index in [1.165, 1.54) is 0 Å². The van der Waals surface area contributed by atoms with Gasteiger partial charge >= 0.3 is 0 Å². The summed E-state index contributed by atoms with van der Waals surface area (Å²) in [7, 11) is 0. The quantitative estimate of drug-likeness (QED) is 0.773. The van der Waals surface area contributed by atoms with Crippen molar-refractivity contribution in [1.82, 2.24) is 5.32 Å². The molecule has 1 fully saturated rings. The summed E-state index contributed by atoms with van der Waals surface area (Å²) in [6.07, 6.45) is 3.01. The summed E-state index contributed by atoms with van der Waals surface area (Å²) in [4.78, 5) is 12.3. The van der Waals surface area contributed by atoms with E-state index in [1.807, 2.05) is 38.1 Å². The number of halogens is 1. The molecule has 0 unspecified atom stereocenters. The van der Waals surface area contributed by atoms with E-state index in [9.17, 15) is 4.79 Å². The predicted octanol–water partition coefficient (Wildman–Crippen LogP) is 3.41.